The van der Waals surface area contributed by atoms with Gasteiger partial charge in [-0.1, -0.05) is 5.16 Å². The van der Waals surface area contributed by atoms with Crippen molar-refractivity contribution < 1.29 is 14.1 Å². The SMILES string of the molecule is CC(=O)c1cc(CC(=O)N2CCC(c3ncon3)CC2)cs1. The van der Waals surface area contributed by atoms with E-state index in [1.54, 1.807) is 6.92 Å². The molecule has 2 aromatic heterocycles. The molecule has 0 N–H and O–H groups in total. The fourth-order valence-corrected chi connectivity index (χ4v) is 3.50. The van der Waals surface area contributed by atoms with Crippen molar-refractivity contribution in [3.8, 4) is 0 Å². The summed E-state index contributed by atoms with van der Waals surface area (Å²) in [6.07, 6.45) is 3.41. The molecule has 0 bridgehead atoms. The van der Waals surface area contributed by atoms with Gasteiger partial charge >= 0.3 is 0 Å². The molecule has 0 aliphatic carbocycles. The number of rotatable bonds is 4. The first-order chi connectivity index (χ1) is 10.6. The normalized spacial score (nSPS) is 16.0. The minimum Gasteiger partial charge on any atom is -0.343 e. The zero-order valence-electron chi connectivity index (χ0n) is 12.3. The monoisotopic (exact) mass is 319 g/mol. The zero-order chi connectivity index (χ0) is 15.5. The molecule has 1 fully saturated rings. The molecule has 0 radical (unpaired) electrons. The summed E-state index contributed by atoms with van der Waals surface area (Å²) in [7, 11) is 0. The van der Waals surface area contributed by atoms with E-state index in [9.17, 15) is 9.59 Å². The molecule has 0 spiro atoms. The van der Waals surface area contributed by atoms with E-state index < -0.39 is 0 Å². The number of carbonyl (C=O) groups excluding carboxylic acids is 2. The number of ketones is 1. The number of aromatic nitrogens is 2. The Morgan fingerprint density at radius 2 is 2.18 bits per heavy atom. The molecule has 3 heterocycles. The van der Waals surface area contributed by atoms with Crippen LogP contribution in [0.3, 0.4) is 0 Å². The van der Waals surface area contributed by atoms with Gasteiger partial charge in [-0.2, -0.15) is 4.98 Å². The number of nitrogens with zero attached hydrogens (tertiary/aromatic N) is 3. The molecule has 0 aromatic carbocycles. The van der Waals surface area contributed by atoms with Gasteiger partial charge < -0.3 is 9.42 Å². The van der Waals surface area contributed by atoms with Crippen LogP contribution in [0.25, 0.3) is 0 Å². The first-order valence-electron chi connectivity index (χ1n) is 7.26. The van der Waals surface area contributed by atoms with Gasteiger partial charge in [0.2, 0.25) is 12.3 Å². The summed E-state index contributed by atoms with van der Waals surface area (Å²) in [5.74, 6) is 1.16. The van der Waals surface area contributed by atoms with Gasteiger partial charge in [-0.25, -0.2) is 0 Å². The predicted octanol–water partition coefficient (Wildman–Crippen LogP) is 2.28. The van der Waals surface area contributed by atoms with E-state index >= 15 is 0 Å². The Morgan fingerprint density at radius 3 is 2.77 bits per heavy atom. The molecule has 3 rings (SSSR count). The fourth-order valence-electron chi connectivity index (χ4n) is 2.69. The van der Waals surface area contributed by atoms with Crippen molar-refractivity contribution in [3.05, 3.63) is 34.1 Å². The van der Waals surface area contributed by atoms with Crippen LogP contribution in [0.15, 0.2) is 22.4 Å². The maximum absolute atomic E-state index is 12.3. The lowest BCUT2D eigenvalue weighted by Crippen LogP contribution is -2.38. The van der Waals surface area contributed by atoms with Crippen molar-refractivity contribution in [2.24, 2.45) is 0 Å². The average Bonchev–Trinajstić information content (AvgIpc) is 3.19. The predicted molar refractivity (Wildman–Crippen MR) is 80.9 cm³/mol. The Bertz CT molecular complexity index is 657. The van der Waals surface area contributed by atoms with Gasteiger partial charge in [0.1, 0.15) is 0 Å². The third kappa shape index (κ3) is 3.24. The first-order valence-corrected chi connectivity index (χ1v) is 8.14. The largest absolute Gasteiger partial charge is 0.343 e. The Labute approximate surface area is 132 Å². The number of Topliss-reactive ketones (excluding diaryl/α,β-unsaturated/α-hetero) is 1. The summed E-state index contributed by atoms with van der Waals surface area (Å²) >= 11 is 1.40. The number of hydrogen-bond donors (Lipinski definition) is 0. The second-order valence-electron chi connectivity index (χ2n) is 5.50. The number of carbonyl (C=O) groups is 2. The maximum Gasteiger partial charge on any atom is 0.227 e. The van der Waals surface area contributed by atoms with E-state index in [0.717, 1.165) is 24.2 Å². The van der Waals surface area contributed by atoms with E-state index in [1.807, 2.05) is 16.3 Å². The lowest BCUT2D eigenvalue weighted by molar-refractivity contribution is -0.131. The Balaban J connectivity index is 1.54. The molecule has 0 unspecified atom stereocenters. The van der Waals surface area contributed by atoms with E-state index in [2.05, 4.69) is 10.1 Å². The number of amides is 1. The molecular formula is C15H17N3O3S. The molecule has 1 saturated heterocycles. The molecule has 0 atom stereocenters. The van der Waals surface area contributed by atoms with Crippen LogP contribution in [0, 0.1) is 0 Å². The van der Waals surface area contributed by atoms with Crippen molar-refractivity contribution >= 4 is 23.0 Å². The summed E-state index contributed by atoms with van der Waals surface area (Å²) in [6.45, 7) is 2.96. The highest BCUT2D eigenvalue weighted by Gasteiger charge is 2.26. The van der Waals surface area contributed by atoms with Crippen LogP contribution >= 0.6 is 11.3 Å². The minimum atomic E-state index is 0.0459. The van der Waals surface area contributed by atoms with E-state index in [0.29, 0.717) is 24.4 Å². The molecule has 0 saturated carbocycles. The quantitative estimate of drug-likeness (QED) is 0.808. The van der Waals surface area contributed by atoms with E-state index in [1.165, 1.54) is 17.7 Å². The van der Waals surface area contributed by atoms with Crippen molar-refractivity contribution in [3.63, 3.8) is 0 Å². The summed E-state index contributed by atoms with van der Waals surface area (Å²) in [5, 5.41) is 5.77. The van der Waals surface area contributed by atoms with Crippen molar-refractivity contribution in [2.75, 3.05) is 13.1 Å². The zero-order valence-corrected chi connectivity index (χ0v) is 13.1. The lowest BCUT2D eigenvalue weighted by atomic mass is 9.96. The Hall–Kier alpha value is -2.02. The lowest BCUT2D eigenvalue weighted by Gasteiger charge is -2.30. The number of likely N-dealkylation sites (tertiary alicyclic amines) is 1. The minimum absolute atomic E-state index is 0.0459. The highest BCUT2D eigenvalue weighted by molar-refractivity contribution is 7.12. The molecule has 6 nitrogen and oxygen atoms in total. The van der Waals surface area contributed by atoms with Gasteiger partial charge in [0.25, 0.3) is 0 Å². The van der Waals surface area contributed by atoms with Crippen LogP contribution in [-0.4, -0.2) is 39.8 Å². The number of hydrogen-bond acceptors (Lipinski definition) is 6. The molecular weight excluding hydrogens is 302 g/mol. The van der Waals surface area contributed by atoms with Gasteiger partial charge in [-0.3, -0.25) is 9.59 Å². The number of piperidine rings is 1. The molecule has 22 heavy (non-hydrogen) atoms. The standard InChI is InChI=1S/C15H17N3O3S/c1-10(19)13-6-11(8-22-13)7-14(20)18-4-2-12(3-5-18)15-16-9-21-17-15/h6,8-9,12H,2-5,7H2,1H3. The van der Waals surface area contributed by atoms with Crippen LogP contribution in [0.1, 0.15) is 46.7 Å². The summed E-state index contributed by atoms with van der Waals surface area (Å²) in [4.78, 5) is 30.3. The Kier molecular flexibility index (Phi) is 4.33. The van der Waals surface area contributed by atoms with E-state index in [-0.39, 0.29) is 17.6 Å². The van der Waals surface area contributed by atoms with Crippen LogP contribution in [0.5, 0.6) is 0 Å². The average molecular weight is 319 g/mol. The summed E-state index contributed by atoms with van der Waals surface area (Å²) < 4.78 is 4.77. The molecule has 2 aromatic rings. The maximum atomic E-state index is 12.3. The topological polar surface area (TPSA) is 76.3 Å². The van der Waals surface area contributed by atoms with E-state index in [4.69, 9.17) is 4.52 Å². The fraction of sp³-hybridized carbons (Fsp3) is 0.467. The van der Waals surface area contributed by atoms with Gasteiger partial charge in [0.15, 0.2) is 11.6 Å². The van der Waals surface area contributed by atoms with Gasteiger partial charge in [0.05, 0.1) is 11.3 Å². The first kappa shape index (κ1) is 14.9. The van der Waals surface area contributed by atoms with Gasteiger partial charge in [-0.15, -0.1) is 11.3 Å². The summed E-state index contributed by atoms with van der Waals surface area (Å²) in [5.41, 5.74) is 0.917. The molecule has 7 heteroatoms. The molecule has 1 amide bonds. The third-order valence-corrected chi connectivity index (χ3v) is 5.03. The second kappa shape index (κ2) is 6.39. The van der Waals surface area contributed by atoms with Gasteiger partial charge in [0, 0.05) is 19.0 Å². The number of thiophene rings is 1. The molecule has 1 aliphatic heterocycles. The van der Waals surface area contributed by atoms with Crippen molar-refractivity contribution in [1.29, 1.82) is 0 Å². The van der Waals surface area contributed by atoms with Gasteiger partial charge in [-0.05, 0) is 36.8 Å². The van der Waals surface area contributed by atoms with Crippen LogP contribution in [0.2, 0.25) is 0 Å². The third-order valence-electron chi connectivity index (χ3n) is 3.95. The highest BCUT2D eigenvalue weighted by atomic mass is 32.1. The van der Waals surface area contributed by atoms with Crippen molar-refractivity contribution in [1.82, 2.24) is 15.0 Å². The Morgan fingerprint density at radius 1 is 1.41 bits per heavy atom. The second-order valence-corrected chi connectivity index (χ2v) is 6.41. The smallest absolute Gasteiger partial charge is 0.227 e. The molecule has 116 valence electrons. The van der Waals surface area contributed by atoms with Crippen LogP contribution < -0.4 is 0 Å². The van der Waals surface area contributed by atoms with Crippen molar-refractivity contribution in [2.45, 2.75) is 32.1 Å². The summed E-state index contributed by atoms with van der Waals surface area (Å²) in [6, 6.07) is 1.82. The highest BCUT2D eigenvalue weighted by Crippen LogP contribution is 2.26. The van der Waals surface area contributed by atoms with Crippen LogP contribution in [-0.2, 0) is 11.2 Å². The molecule has 1 aliphatic rings. The van der Waals surface area contributed by atoms with Crippen LogP contribution in [0.4, 0.5) is 0 Å².